The minimum Gasteiger partial charge on any atom is -0.337 e. The molecule has 1 heterocycles. The molecule has 26 heavy (non-hydrogen) atoms. The van der Waals surface area contributed by atoms with Crippen molar-refractivity contribution in [3.05, 3.63) is 59.2 Å². The van der Waals surface area contributed by atoms with Crippen LogP contribution in [-0.2, 0) is 16.4 Å². The standard InChI is InChI=1S/C19H23N3O3S/c1-14-11-15(2)13-17(12-14)21-19(23)20-8-10-26(24,25)22-9-7-16-5-3-4-6-18(16)22/h3-6,11-13H,7-10H2,1-2H3,(H2,20,21,23). The lowest BCUT2D eigenvalue weighted by Gasteiger charge is -2.19. The molecule has 3 rings (SSSR count). The molecule has 0 aliphatic carbocycles. The second-order valence-electron chi connectivity index (χ2n) is 6.52. The Bertz CT molecular complexity index is 905. The van der Waals surface area contributed by atoms with Crippen molar-refractivity contribution in [1.29, 1.82) is 0 Å². The molecule has 138 valence electrons. The maximum absolute atomic E-state index is 12.6. The van der Waals surface area contributed by atoms with Gasteiger partial charge in [-0.25, -0.2) is 13.2 Å². The molecule has 0 spiro atoms. The quantitative estimate of drug-likeness (QED) is 0.846. The first-order valence-corrected chi connectivity index (χ1v) is 10.2. The number of amides is 2. The van der Waals surface area contributed by atoms with E-state index in [1.165, 1.54) is 4.31 Å². The van der Waals surface area contributed by atoms with Crippen LogP contribution in [0.2, 0.25) is 0 Å². The van der Waals surface area contributed by atoms with Gasteiger partial charge in [0.05, 0.1) is 11.4 Å². The fraction of sp³-hybridized carbons (Fsp3) is 0.316. The number of urea groups is 1. The molecule has 7 heteroatoms. The molecule has 0 atom stereocenters. The summed E-state index contributed by atoms with van der Waals surface area (Å²) in [6, 6.07) is 12.8. The van der Waals surface area contributed by atoms with Crippen LogP contribution in [-0.4, -0.2) is 33.3 Å². The fourth-order valence-corrected chi connectivity index (χ4v) is 4.65. The highest BCUT2D eigenvalue weighted by Gasteiger charge is 2.28. The van der Waals surface area contributed by atoms with Gasteiger partial charge in [-0.2, -0.15) is 0 Å². The Morgan fingerprint density at radius 1 is 1.12 bits per heavy atom. The van der Waals surface area contributed by atoms with Crippen molar-refractivity contribution in [1.82, 2.24) is 5.32 Å². The number of aryl methyl sites for hydroxylation is 2. The molecule has 0 radical (unpaired) electrons. The van der Waals surface area contributed by atoms with Crippen LogP contribution in [0.4, 0.5) is 16.2 Å². The average Bonchev–Trinajstić information content (AvgIpc) is 2.98. The van der Waals surface area contributed by atoms with Crippen LogP contribution >= 0.6 is 0 Å². The first kappa shape index (κ1) is 18.3. The molecule has 0 unspecified atom stereocenters. The predicted molar refractivity (Wildman–Crippen MR) is 104 cm³/mol. The van der Waals surface area contributed by atoms with E-state index < -0.39 is 16.1 Å². The summed E-state index contributed by atoms with van der Waals surface area (Å²) in [5, 5.41) is 5.35. The molecule has 1 aliphatic rings. The highest BCUT2D eigenvalue weighted by molar-refractivity contribution is 7.92. The van der Waals surface area contributed by atoms with Gasteiger partial charge in [-0.05, 0) is 55.2 Å². The van der Waals surface area contributed by atoms with Crippen LogP contribution in [0, 0.1) is 13.8 Å². The SMILES string of the molecule is Cc1cc(C)cc(NC(=O)NCCS(=O)(=O)N2CCc3ccccc32)c1. The van der Waals surface area contributed by atoms with Crippen molar-refractivity contribution >= 4 is 27.4 Å². The van der Waals surface area contributed by atoms with E-state index in [0.717, 1.165) is 28.8 Å². The van der Waals surface area contributed by atoms with Gasteiger partial charge in [0.15, 0.2) is 0 Å². The molecule has 6 nitrogen and oxygen atoms in total. The monoisotopic (exact) mass is 373 g/mol. The molecule has 0 bridgehead atoms. The fourth-order valence-electron chi connectivity index (χ4n) is 3.22. The zero-order chi connectivity index (χ0) is 18.7. The summed E-state index contributed by atoms with van der Waals surface area (Å²) in [5.41, 5.74) is 4.58. The van der Waals surface area contributed by atoms with Gasteiger partial charge in [0.1, 0.15) is 0 Å². The number of para-hydroxylation sites is 1. The number of benzene rings is 2. The number of fused-ring (bicyclic) bond motifs is 1. The average molecular weight is 373 g/mol. The Kier molecular flexibility index (Phi) is 5.18. The van der Waals surface area contributed by atoms with E-state index in [0.29, 0.717) is 12.2 Å². The van der Waals surface area contributed by atoms with Crippen LogP contribution in [0.15, 0.2) is 42.5 Å². The second-order valence-corrected chi connectivity index (χ2v) is 8.54. The minimum atomic E-state index is -3.46. The van der Waals surface area contributed by atoms with Crippen LogP contribution < -0.4 is 14.9 Å². The number of carbonyl (C=O) groups is 1. The lowest BCUT2D eigenvalue weighted by molar-refractivity contribution is 0.252. The number of hydrogen-bond acceptors (Lipinski definition) is 3. The number of anilines is 2. The maximum atomic E-state index is 12.6. The molecule has 0 saturated heterocycles. The highest BCUT2D eigenvalue weighted by Crippen LogP contribution is 2.29. The lowest BCUT2D eigenvalue weighted by Crippen LogP contribution is -2.38. The smallest absolute Gasteiger partial charge is 0.319 e. The topological polar surface area (TPSA) is 78.5 Å². The number of nitrogens with one attached hydrogen (secondary N) is 2. The lowest BCUT2D eigenvalue weighted by atomic mass is 10.1. The van der Waals surface area contributed by atoms with Crippen molar-refractivity contribution in [3.8, 4) is 0 Å². The first-order chi connectivity index (χ1) is 12.3. The van der Waals surface area contributed by atoms with E-state index in [4.69, 9.17) is 0 Å². The maximum Gasteiger partial charge on any atom is 0.319 e. The molecular weight excluding hydrogens is 350 g/mol. The number of sulfonamides is 1. The Hall–Kier alpha value is -2.54. The van der Waals surface area contributed by atoms with Gasteiger partial charge in [-0.1, -0.05) is 24.3 Å². The molecule has 2 N–H and O–H groups in total. The van der Waals surface area contributed by atoms with Gasteiger partial charge in [0.25, 0.3) is 0 Å². The van der Waals surface area contributed by atoms with Gasteiger partial charge in [0.2, 0.25) is 10.0 Å². The molecule has 0 fully saturated rings. The summed E-state index contributed by atoms with van der Waals surface area (Å²) in [6.45, 7) is 4.42. The van der Waals surface area contributed by atoms with Gasteiger partial charge < -0.3 is 10.6 Å². The molecular formula is C19H23N3O3S. The molecule has 2 aromatic carbocycles. The van der Waals surface area contributed by atoms with Crippen molar-refractivity contribution in [2.75, 3.05) is 28.5 Å². The number of nitrogens with zero attached hydrogens (tertiary/aromatic N) is 1. The summed E-state index contributed by atoms with van der Waals surface area (Å²) < 4.78 is 26.6. The minimum absolute atomic E-state index is 0.0532. The summed E-state index contributed by atoms with van der Waals surface area (Å²) in [6.07, 6.45) is 0.718. The number of rotatable bonds is 5. The third-order valence-electron chi connectivity index (χ3n) is 4.31. The van der Waals surface area contributed by atoms with Gasteiger partial charge >= 0.3 is 6.03 Å². The van der Waals surface area contributed by atoms with Gasteiger partial charge in [-0.15, -0.1) is 0 Å². The van der Waals surface area contributed by atoms with E-state index in [1.807, 2.05) is 56.3 Å². The summed E-state index contributed by atoms with van der Waals surface area (Å²) in [5.74, 6) is -0.137. The van der Waals surface area contributed by atoms with Crippen molar-refractivity contribution in [2.45, 2.75) is 20.3 Å². The first-order valence-electron chi connectivity index (χ1n) is 8.57. The van der Waals surface area contributed by atoms with Crippen LogP contribution in [0.5, 0.6) is 0 Å². The Labute approximate surface area is 154 Å². The Balaban J connectivity index is 1.55. The normalized spacial score (nSPS) is 13.4. The molecule has 0 saturated carbocycles. The van der Waals surface area contributed by atoms with Crippen molar-refractivity contribution in [2.24, 2.45) is 0 Å². The molecule has 0 aromatic heterocycles. The van der Waals surface area contributed by atoms with Crippen LogP contribution in [0.1, 0.15) is 16.7 Å². The van der Waals surface area contributed by atoms with E-state index in [1.54, 1.807) is 0 Å². The van der Waals surface area contributed by atoms with E-state index in [2.05, 4.69) is 10.6 Å². The third kappa shape index (κ3) is 4.16. The zero-order valence-electron chi connectivity index (χ0n) is 15.0. The number of hydrogen-bond donors (Lipinski definition) is 2. The van der Waals surface area contributed by atoms with E-state index >= 15 is 0 Å². The van der Waals surface area contributed by atoms with Gasteiger partial charge in [-0.3, -0.25) is 4.31 Å². The second kappa shape index (κ2) is 7.37. The van der Waals surface area contributed by atoms with Crippen LogP contribution in [0.25, 0.3) is 0 Å². The summed E-state index contributed by atoms with van der Waals surface area (Å²) in [4.78, 5) is 12.0. The third-order valence-corrected chi connectivity index (χ3v) is 6.08. The highest BCUT2D eigenvalue weighted by atomic mass is 32.2. The molecule has 1 aliphatic heterocycles. The van der Waals surface area contributed by atoms with E-state index in [9.17, 15) is 13.2 Å². The summed E-state index contributed by atoms with van der Waals surface area (Å²) in [7, 11) is -3.46. The van der Waals surface area contributed by atoms with Crippen LogP contribution in [0.3, 0.4) is 0 Å². The van der Waals surface area contributed by atoms with Crippen molar-refractivity contribution in [3.63, 3.8) is 0 Å². The summed E-state index contributed by atoms with van der Waals surface area (Å²) >= 11 is 0. The predicted octanol–water partition coefficient (Wildman–Crippen LogP) is 2.82. The van der Waals surface area contributed by atoms with Gasteiger partial charge in [0, 0.05) is 18.8 Å². The van der Waals surface area contributed by atoms with Crippen molar-refractivity contribution < 1.29 is 13.2 Å². The molecule has 2 aromatic rings. The number of carbonyl (C=O) groups excluding carboxylic acids is 1. The largest absolute Gasteiger partial charge is 0.337 e. The zero-order valence-corrected chi connectivity index (χ0v) is 15.8. The van der Waals surface area contributed by atoms with E-state index in [-0.39, 0.29) is 12.3 Å². The Morgan fingerprint density at radius 3 is 2.54 bits per heavy atom. The Morgan fingerprint density at radius 2 is 1.81 bits per heavy atom. The molecule has 2 amide bonds.